The summed E-state index contributed by atoms with van der Waals surface area (Å²) < 4.78 is 23.3. The average molecular weight is 385 g/mol. The van der Waals surface area contributed by atoms with E-state index in [1.54, 1.807) is 19.1 Å². The molecule has 0 bridgehead atoms. The Morgan fingerprint density at radius 3 is 2.57 bits per heavy atom. The molecular formula is C19H20FN5O3. The summed E-state index contributed by atoms with van der Waals surface area (Å²) in [5.74, 6) is 1.27. The molecule has 0 radical (unpaired) electrons. The van der Waals surface area contributed by atoms with Crippen molar-refractivity contribution in [1.29, 1.82) is 0 Å². The van der Waals surface area contributed by atoms with Gasteiger partial charge in [-0.3, -0.25) is 4.79 Å². The van der Waals surface area contributed by atoms with Gasteiger partial charge in [0.1, 0.15) is 11.4 Å². The Kier molecular flexibility index (Phi) is 4.89. The van der Waals surface area contributed by atoms with Gasteiger partial charge in [-0.2, -0.15) is 9.97 Å². The van der Waals surface area contributed by atoms with E-state index in [0.717, 1.165) is 25.7 Å². The van der Waals surface area contributed by atoms with Crippen molar-refractivity contribution in [3.63, 3.8) is 0 Å². The molecule has 0 aliphatic heterocycles. The standard InChI is InChI=1S/C19H20FN5O3/c1-12-21-18(25-27-12)19(10-2-3-11-19)23-15(26)8-9-16-22-17(24-28-16)13-4-6-14(20)7-5-13/h4-7H,2-3,8-11H2,1H3,(H,23,26). The van der Waals surface area contributed by atoms with Gasteiger partial charge in [0.2, 0.25) is 23.5 Å². The van der Waals surface area contributed by atoms with Crippen LogP contribution in [0.5, 0.6) is 0 Å². The van der Waals surface area contributed by atoms with E-state index in [1.165, 1.54) is 12.1 Å². The van der Waals surface area contributed by atoms with Crippen LogP contribution in [-0.4, -0.2) is 26.2 Å². The van der Waals surface area contributed by atoms with Gasteiger partial charge in [0, 0.05) is 25.3 Å². The molecule has 8 nitrogen and oxygen atoms in total. The summed E-state index contributed by atoms with van der Waals surface area (Å²) in [6.07, 6.45) is 4.07. The lowest BCUT2D eigenvalue weighted by molar-refractivity contribution is -0.123. The quantitative estimate of drug-likeness (QED) is 0.695. The Balaban J connectivity index is 1.38. The predicted octanol–water partition coefficient (Wildman–Crippen LogP) is 3.09. The molecule has 1 amide bonds. The minimum Gasteiger partial charge on any atom is -0.343 e. The van der Waals surface area contributed by atoms with E-state index >= 15 is 0 Å². The molecule has 4 rings (SSSR count). The summed E-state index contributed by atoms with van der Waals surface area (Å²) in [5.41, 5.74) is 0.0846. The molecule has 1 saturated carbocycles. The first-order chi connectivity index (χ1) is 13.5. The number of hydrogen-bond donors (Lipinski definition) is 1. The maximum absolute atomic E-state index is 13.0. The van der Waals surface area contributed by atoms with Crippen molar-refractivity contribution in [3.05, 3.63) is 47.7 Å². The van der Waals surface area contributed by atoms with Crippen LogP contribution >= 0.6 is 0 Å². The van der Waals surface area contributed by atoms with E-state index in [1.807, 2.05) is 0 Å². The van der Waals surface area contributed by atoms with Crippen LogP contribution in [0.4, 0.5) is 4.39 Å². The molecule has 3 aromatic rings. The van der Waals surface area contributed by atoms with E-state index in [0.29, 0.717) is 35.4 Å². The zero-order chi connectivity index (χ0) is 19.6. The summed E-state index contributed by atoms with van der Waals surface area (Å²) in [4.78, 5) is 21.1. The molecule has 0 spiro atoms. The maximum atomic E-state index is 13.0. The third-order valence-corrected chi connectivity index (χ3v) is 4.93. The van der Waals surface area contributed by atoms with Crippen LogP contribution in [0.3, 0.4) is 0 Å². The summed E-state index contributed by atoms with van der Waals surface area (Å²) in [6, 6.07) is 5.82. The molecule has 1 aliphatic carbocycles. The van der Waals surface area contributed by atoms with Crippen LogP contribution in [0.15, 0.2) is 33.3 Å². The summed E-state index contributed by atoms with van der Waals surface area (Å²) in [6.45, 7) is 1.73. The summed E-state index contributed by atoms with van der Waals surface area (Å²) in [7, 11) is 0. The Morgan fingerprint density at radius 2 is 1.89 bits per heavy atom. The molecule has 1 aliphatic rings. The number of halogens is 1. The fourth-order valence-electron chi connectivity index (χ4n) is 3.50. The van der Waals surface area contributed by atoms with Gasteiger partial charge >= 0.3 is 0 Å². The van der Waals surface area contributed by atoms with Crippen molar-refractivity contribution in [3.8, 4) is 11.4 Å². The van der Waals surface area contributed by atoms with E-state index in [4.69, 9.17) is 9.05 Å². The number of nitrogens with one attached hydrogen (secondary N) is 1. The molecule has 146 valence electrons. The number of nitrogens with zero attached hydrogens (tertiary/aromatic N) is 4. The fraction of sp³-hybridized carbons (Fsp3) is 0.421. The molecule has 1 fully saturated rings. The van der Waals surface area contributed by atoms with E-state index < -0.39 is 5.54 Å². The first-order valence-corrected chi connectivity index (χ1v) is 9.24. The van der Waals surface area contributed by atoms with Crippen LogP contribution in [-0.2, 0) is 16.8 Å². The van der Waals surface area contributed by atoms with E-state index in [9.17, 15) is 9.18 Å². The second kappa shape index (κ2) is 7.49. The highest BCUT2D eigenvalue weighted by Gasteiger charge is 2.41. The van der Waals surface area contributed by atoms with Crippen LogP contribution in [0.25, 0.3) is 11.4 Å². The van der Waals surface area contributed by atoms with Gasteiger partial charge in [-0.1, -0.05) is 23.2 Å². The normalized spacial score (nSPS) is 15.6. The topological polar surface area (TPSA) is 107 Å². The molecule has 1 N–H and O–H groups in total. The maximum Gasteiger partial charge on any atom is 0.227 e. The SMILES string of the molecule is Cc1nc(C2(NC(=O)CCc3nc(-c4ccc(F)cc4)no3)CCCC2)no1. The smallest absolute Gasteiger partial charge is 0.227 e. The molecule has 28 heavy (non-hydrogen) atoms. The van der Waals surface area contributed by atoms with Crippen molar-refractivity contribution >= 4 is 5.91 Å². The number of carbonyl (C=O) groups is 1. The monoisotopic (exact) mass is 385 g/mol. The van der Waals surface area contributed by atoms with Gasteiger partial charge in [0.05, 0.1) is 0 Å². The highest BCUT2D eigenvalue weighted by molar-refractivity contribution is 5.77. The molecule has 2 aromatic heterocycles. The lowest BCUT2D eigenvalue weighted by Crippen LogP contribution is -2.44. The highest BCUT2D eigenvalue weighted by atomic mass is 19.1. The second-order valence-corrected chi connectivity index (χ2v) is 6.99. The molecule has 9 heteroatoms. The third-order valence-electron chi connectivity index (χ3n) is 4.93. The first kappa shape index (κ1) is 18.3. The number of hydrogen-bond acceptors (Lipinski definition) is 7. The zero-order valence-electron chi connectivity index (χ0n) is 15.4. The van der Waals surface area contributed by atoms with Gasteiger partial charge < -0.3 is 14.4 Å². The minimum atomic E-state index is -0.567. The fourth-order valence-corrected chi connectivity index (χ4v) is 3.50. The molecular weight excluding hydrogens is 365 g/mol. The van der Waals surface area contributed by atoms with Crippen molar-refractivity contribution in [2.45, 2.75) is 51.0 Å². The number of amides is 1. The van der Waals surface area contributed by atoms with Gasteiger partial charge in [0.15, 0.2) is 5.82 Å². The third kappa shape index (κ3) is 3.78. The van der Waals surface area contributed by atoms with Crippen LogP contribution in [0.2, 0.25) is 0 Å². The molecule has 1 aromatic carbocycles. The van der Waals surface area contributed by atoms with Gasteiger partial charge in [-0.05, 0) is 37.1 Å². The lowest BCUT2D eigenvalue weighted by atomic mass is 9.96. The molecule has 0 atom stereocenters. The number of carbonyl (C=O) groups excluding carboxylic acids is 1. The van der Waals surface area contributed by atoms with Gasteiger partial charge in [0.25, 0.3) is 0 Å². The van der Waals surface area contributed by atoms with Gasteiger partial charge in [-0.15, -0.1) is 0 Å². The average Bonchev–Trinajstić information content (AvgIpc) is 3.42. The Morgan fingerprint density at radius 1 is 1.14 bits per heavy atom. The second-order valence-electron chi connectivity index (χ2n) is 6.99. The van der Waals surface area contributed by atoms with Crippen LogP contribution < -0.4 is 5.32 Å². The minimum absolute atomic E-state index is 0.133. The summed E-state index contributed by atoms with van der Waals surface area (Å²) >= 11 is 0. The Labute approximate surface area is 160 Å². The molecule has 0 saturated heterocycles. The van der Waals surface area contributed by atoms with Crippen molar-refractivity contribution < 1.29 is 18.2 Å². The Bertz CT molecular complexity index is 960. The highest BCUT2D eigenvalue weighted by Crippen LogP contribution is 2.37. The van der Waals surface area contributed by atoms with Crippen molar-refractivity contribution in [1.82, 2.24) is 25.6 Å². The first-order valence-electron chi connectivity index (χ1n) is 9.24. The number of rotatable bonds is 6. The van der Waals surface area contributed by atoms with Crippen LogP contribution in [0, 0.1) is 12.7 Å². The van der Waals surface area contributed by atoms with Gasteiger partial charge in [-0.25, -0.2) is 4.39 Å². The Hall–Kier alpha value is -3.10. The van der Waals surface area contributed by atoms with E-state index in [2.05, 4.69) is 25.6 Å². The number of aryl methyl sites for hydroxylation is 2. The molecule has 2 heterocycles. The largest absolute Gasteiger partial charge is 0.343 e. The van der Waals surface area contributed by atoms with Crippen LogP contribution in [0.1, 0.15) is 49.7 Å². The predicted molar refractivity (Wildman–Crippen MR) is 95.3 cm³/mol. The number of benzene rings is 1. The molecule has 0 unspecified atom stereocenters. The lowest BCUT2D eigenvalue weighted by Gasteiger charge is -2.26. The van der Waals surface area contributed by atoms with E-state index in [-0.39, 0.29) is 18.1 Å². The van der Waals surface area contributed by atoms with Crippen molar-refractivity contribution in [2.75, 3.05) is 0 Å². The summed E-state index contributed by atoms with van der Waals surface area (Å²) in [5, 5.41) is 11.0. The number of aromatic nitrogens is 4. The van der Waals surface area contributed by atoms with Crippen molar-refractivity contribution in [2.24, 2.45) is 0 Å². The zero-order valence-corrected chi connectivity index (χ0v) is 15.4.